The highest BCUT2D eigenvalue weighted by atomic mass is 35.5. The first-order chi connectivity index (χ1) is 5.79. The van der Waals surface area contributed by atoms with Crippen molar-refractivity contribution in [2.75, 3.05) is 19.6 Å². The molecule has 5 heteroatoms. The quantitative estimate of drug-likeness (QED) is 0.690. The normalized spacial score (nSPS) is 19.3. The SMILES string of the molecule is C[C@H](O)CCNC1CCNCC1.Cl.Cl. The van der Waals surface area contributed by atoms with E-state index in [-0.39, 0.29) is 30.9 Å². The molecule has 1 heterocycles. The molecular formula is C9H22Cl2N2O. The van der Waals surface area contributed by atoms with Gasteiger partial charge in [0.2, 0.25) is 0 Å². The number of aliphatic hydroxyl groups is 1. The van der Waals surface area contributed by atoms with E-state index in [1.54, 1.807) is 0 Å². The minimum absolute atomic E-state index is 0. The number of hydrogen-bond acceptors (Lipinski definition) is 3. The van der Waals surface area contributed by atoms with Crippen molar-refractivity contribution in [2.45, 2.75) is 38.3 Å². The lowest BCUT2D eigenvalue weighted by atomic mass is 10.1. The fraction of sp³-hybridized carbons (Fsp3) is 1.00. The van der Waals surface area contributed by atoms with Crippen LogP contribution in [0.15, 0.2) is 0 Å². The Morgan fingerprint density at radius 1 is 1.36 bits per heavy atom. The Morgan fingerprint density at radius 2 is 1.93 bits per heavy atom. The average Bonchev–Trinajstić information content (AvgIpc) is 2.05. The number of aliphatic hydroxyl groups excluding tert-OH is 1. The Labute approximate surface area is 98.9 Å². The first-order valence-electron chi connectivity index (χ1n) is 4.91. The highest BCUT2D eigenvalue weighted by Crippen LogP contribution is 2.01. The molecule has 0 saturated carbocycles. The molecule has 1 aliphatic rings. The predicted molar refractivity (Wildman–Crippen MR) is 64.7 cm³/mol. The Bertz CT molecular complexity index is 119. The van der Waals surface area contributed by atoms with Crippen molar-refractivity contribution in [3.8, 4) is 0 Å². The highest BCUT2D eigenvalue weighted by molar-refractivity contribution is 5.85. The molecule has 1 atom stereocenters. The largest absolute Gasteiger partial charge is 0.393 e. The van der Waals surface area contributed by atoms with Crippen LogP contribution in [0.3, 0.4) is 0 Å². The van der Waals surface area contributed by atoms with Gasteiger partial charge in [0.25, 0.3) is 0 Å². The van der Waals surface area contributed by atoms with Crippen LogP contribution in [0.5, 0.6) is 0 Å². The van der Waals surface area contributed by atoms with E-state index in [0.717, 1.165) is 26.1 Å². The maximum Gasteiger partial charge on any atom is 0.0524 e. The summed E-state index contributed by atoms with van der Waals surface area (Å²) in [5, 5.41) is 15.8. The topological polar surface area (TPSA) is 44.3 Å². The molecular weight excluding hydrogens is 223 g/mol. The molecule has 0 aromatic heterocycles. The summed E-state index contributed by atoms with van der Waals surface area (Å²) in [6, 6.07) is 0.671. The van der Waals surface area contributed by atoms with E-state index in [1.165, 1.54) is 12.8 Å². The molecule has 14 heavy (non-hydrogen) atoms. The summed E-state index contributed by atoms with van der Waals surface area (Å²) >= 11 is 0. The zero-order valence-corrected chi connectivity index (χ0v) is 10.3. The van der Waals surface area contributed by atoms with Gasteiger partial charge in [-0.15, -0.1) is 24.8 Å². The van der Waals surface area contributed by atoms with Gasteiger partial charge in [0.05, 0.1) is 6.10 Å². The average molecular weight is 245 g/mol. The minimum atomic E-state index is -0.167. The van der Waals surface area contributed by atoms with Gasteiger partial charge in [-0.05, 0) is 45.8 Å². The van der Waals surface area contributed by atoms with E-state index in [2.05, 4.69) is 10.6 Å². The van der Waals surface area contributed by atoms with E-state index in [1.807, 2.05) is 6.92 Å². The molecule has 0 radical (unpaired) electrons. The third-order valence-electron chi connectivity index (χ3n) is 2.33. The highest BCUT2D eigenvalue weighted by Gasteiger charge is 2.11. The summed E-state index contributed by atoms with van der Waals surface area (Å²) in [5.74, 6) is 0. The molecule has 0 aliphatic carbocycles. The third-order valence-corrected chi connectivity index (χ3v) is 2.33. The summed E-state index contributed by atoms with van der Waals surface area (Å²) < 4.78 is 0. The van der Waals surface area contributed by atoms with Gasteiger partial charge in [-0.3, -0.25) is 0 Å². The molecule has 88 valence electrons. The lowest BCUT2D eigenvalue weighted by Gasteiger charge is -2.23. The molecule has 1 aliphatic heterocycles. The van der Waals surface area contributed by atoms with Gasteiger partial charge < -0.3 is 15.7 Å². The molecule has 0 aromatic carbocycles. The van der Waals surface area contributed by atoms with Crippen LogP contribution in [0.4, 0.5) is 0 Å². The summed E-state index contributed by atoms with van der Waals surface area (Å²) in [7, 11) is 0. The molecule has 1 saturated heterocycles. The third kappa shape index (κ3) is 7.83. The van der Waals surface area contributed by atoms with E-state index in [9.17, 15) is 0 Å². The van der Waals surface area contributed by atoms with Crippen LogP contribution in [0.25, 0.3) is 0 Å². The van der Waals surface area contributed by atoms with Crippen LogP contribution in [-0.2, 0) is 0 Å². The summed E-state index contributed by atoms with van der Waals surface area (Å²) in [6.07, 6.45) is 3.14. The van der Waals surface area contributed by atoms with Crippen LogP contribution in [0.1, 0.15) is 26.2 Å². The lowest BCUT2D eigenvalue weighted by Crippen LogP contribution is -2.40. The number of halogens is 2. The molecule has 3 nitrogen and oxygen atoms in total. The van der Waals surface area contributed by atoms with Gasteiger partial charge in [0, 0.05) is 6.04 Å². The van der Waals surface area contributed by atoms with Crippen LogP contribution < -0.4 is 10.6 Å². The van der Waals surface area contributed by atoms with Crippen LogP contribution in [0.2, 0.25) is 0 Å². The standard InChI is InChI=1S/C9H20N2O.2ClH/c1-8(12)2-7-11-9-3-5-10-6-4-9;;/h8-12H,2-7H2,1H3;2*1H/t8-;;/m0../s1. The maximum atomic E-state index is 9.03. The van der Waals surface area contributed by atoms with Crippen LogP contribution in [-0.4, -0.2) is 36.9 Å². The van der Waals surface area contributed by atoms with Crippen molar-refractivity contribution in [3.63, 3.8) is 0 Å². The van der Waals surface area contributed by atoms with E-state index >= 15 is 0 Å². The Balaban J connectivity index is 0. The van der Waals surface area contributed by atoms with E-state index < -0.39 is 0 Å². The monoisotopic (exact) mass is 244 g/mol. The van der Waals surface area contributed by atoms with Crippen molar-refractivity contribution in [1.82, 2.24) is 10.6 Å². The fourth-order valence-corrected chi connectivity index (χ4v) is 1.52. The molecule has 0 bridgehead atoms. The Morgan fingerprint density at radius 3 is 2.43 bits per heavy atom. The zero-order valence-electron chi connectivity index (χ0n) is 8.66. The Kier molecular flexibility index (Phi) is 12.0. The lowest BCUT2D eigenvalue weighted by molar-refractivity contribution is 0.181. The first-order valence-corrected chi connectivity index (χ1v) is 4.91. The van der Waals surface area contributed by atoms with Gasteiger partial charge in [-0.25, -0.2) is 0 Å². The fourth-order valence-electron chi connectivity index (χ4n) is 1.52. The van der Waals surface area contributed by atoms with Crippen molar-refractivity contribution in [3.05, 3.63) is 0 Å². The predicted octanol–water partition coefficient (Wildman–Crippen LogP) is 0.942. The van der Waals surface area contributed by atoms with Crippen LogP contribution in [0, 0.1) is 0 Å². The maximum absolute atomic E-state index is 9.03. The van der Waals surface area contributed by atoms with Crippen molar-refractivity contribution in [1.29, 1.82) is 0 Å². The van der Waals surface area contributed by atoms with Crippen LogP contribution >= 0.6 is 24.8 Å². The van der Waals surface area contributed by atoms with Gasteiger partial charge in [-0.2, -0.15) is 0 Å². The van der Waals surface area contributed by atoms with E-state index in [0.29, 0.717) is 6.04 Å². The van der Waals surface area contributed by atoms with Crippen molar-refractivity contribution < 1.29 is 5.11 Å². The first kappa shape index (κ1) is 16.9. The molecule has 0 spiro atoms. The zero-order chi connectivity index (χ0) is 8.81. The molecule has 0 amide bonds. The van der Waals surface area contributed by atoms with Gasteiger partial charge in [0.1, 0.15) is 0 Å². The number of rotatable bonds is 4. The van der Waals surface area contributed by atoms with E-state index in [4.69, 9.17) is 5.11 Å². The molecule has 3 N–H and O–H groups in total. The number of nitrogens with one attached hydrogen (secondary N) is 2. The van der Waals surface area contributed by atoms with Crippen molar-refractivity contribution >= 4 is 24.8 Å². The molecule has 0 unspecified atom stereocenters. The number of hydrogen-bond donors (Lipinski definition) is 3. The van der Waals surface area contributed by atoms with Gasteiger partial charge in [0.15, 0.2) is 0 Å². The van der Waals surface area contributed by atoms with Gasteiger partial charge in [-0.1, -0.05) is 0 Å². The van der Waals surface area contributed by atoms with Gasteiger partial charge >= 0.3 is 0 Å². The number of piperidine rings is 1. The second-order valence-corrected chi connectivity index (χ2v) is 3.62. The second kappa shape index (κ2) is 9.99. The summed E-state index contributed by atoms with van der Waals surface area (Å²) in [4.78, 5) is 0. The molecule has 0 aromatic rings. The summed E-state index contributed by atoms with van der Waals surface area (Å²) in [5.41, 5.74) is 0. The second-order valence-electron chi connectivity index (χ2n) is 3.62. The smallest absolute Gasteiger partial charge is 0.0524 e. The summed E-state index contributed by atoms with van der Waals surface area (Å²) in [6.45, 7) is 5.05. The molecule has 1 rings (SSSR count). The molecule has 1 fully saturated rings. The van der Waals surface area contributed by atoms with Crippen molar-refractivity contribution in [2.24, 2.45) is 0 Å². The Hall–Kier alpha value is 0.460. The minimum Gasteiger partial charge on any atom is -0.393 e.